The van der Waals surface area contributed by atoms with Gasteiger partial charge in [-0.1, -0.05) is 29.5 Å². The molecule has 1 amide bonds. The first-order chi connectivity index (χ1) is 12.4. The molecule has 0 saturated heterocycles. The van der Waals surface area contributed by atoms with Crippen LogP contribution in [0.4, 0.5) is 11.4 Å². The fourth-order valence-corrected chi connectivity index (χ4v) is 3.04. The number of carbonyl (C=O) groups is 2. The van der Waals surface area contributed by atoms with E-state index in [1.54, 1.807) is 18.2 Å². The molecule has 1 aliphatic heterocycles. The maximum absolute atomic E-state index is 12.4. The Bertz CT molecular complexity index is 867. The molecule has 0 radical (unpaired) electrons. The number of Topliss-reactive ketones (excluding diaryl/α,β-unsaturated/α-hetero) is 1. The molecule has 0 spiro atoms. The number of nitrogens with one attached hydrogen (secondary N) is 2. The summed E-state index contributed by atoms with van der Waals surface area (Å²) in [6.07, 6.45) is 0. The molecular weight excluding hydrogens is 352 g/mol. The number of fused-ring (bicyclic) bond motifs is 1. The molecule has 0 aromatic heterocycles. The van der Waals surface area contributed by atoms with Crippen molar-refractivity contribution < 1.29 is 14.3 Å². The van der Waals surface area contributed by atoms with Crippen LogP contribution in [0, 0.1) is 12.3 Å². The van der Waals surface area contributed by atoms with Crippen LogP contribution in [-0.4, -0.2) is 29.2 Å². The maximum Gasteiger partial charge on any atom is 0.262 e. The highest BCUT2D eigenvalue weighted by Gasteiger charge is 2.18. The molecule has 0 unspecified atom stereocenters. The molecule has 0 atom stereocenters. The second kappa shape index (κ2) is 7.59. The van der Waals surface area contributed by atoms with Crippen molar-refractivity contribution in [2.75, 3.05) is 22.7 Å². The number of amidine groups is 1. The van der Waals surface area contributed by atoms with Crippen LogP contribution in [0.5, 0.6) is 5.75 Å². The van der Waals surface area contributed by atoms with Crippen molar-refractivity contribution in [2.45, 2.75) is 6.92 Å². The minimum Gasteiger partial charge on any atom is -0.482 e. The van der Waals surface area contributed by atoms with E-state index >= 15 is 0 Å². The lowest BCUT2D eigenvalue weighted by Crippen LogP contribution is -2.35. The Morgan fingerprint density at radius 3 is 2.77 bits per heavy atom. The first kappa shape index (κ1) is 18.0. The van der Waals surface area contributed by atoms with Crippen LogP contribution in [-0.2, 0) is 4.79 Å². The zero-order chi connectivity index (χ0) is 18.7. The Labute approximate surface area is 155 Å². The molecule has 4 N–H and O–H groups in total. The minimum atomic E-state index is -0.255. The van der Waals surface area contributed by atoms with Crippen molar-refractivity contribution in [1.82, 2.24) is 0 Å². The highest BCUT2D eigenvalue weighted by atomic mass is 32.2. The number of hydrogen-bond acceptors (Lipinski definition) is 6. The Hall–Kier alpha value is -2.84. The van der Waals surface area contributed by atoms with Crippen LogP contribution in [0.3, 0.4) is 0 Å². The molecule has 3 rings (SSSR count). The van der Waals surface area contributed by atoms with E-state index in [4.69, 9.17) is 16.0 Å². The van der Waals surface area contributed by atoms with E-state index < -0.39 is 0 Å². The molecule has 8 heteroatoms. The van der Waals surface area contributed by atoms with Gasteiger partial charge >= 0.3 is 0 Å². The van der Waals surface area contributed by atoms with Gasteiger partial charge in [0.1, 0.15) is 5.75 Å². The Kier molecular flexibility index (Phi) is 5.24. The standard InChI is InChI=1S/C18H18N4O3S/c1-11-2-5-13(6-3-11)22(20)18(19)26-10-15(23)12-4-7-16-14(8-12)21-17(24)9-25-16/h2-8,19H,9-10,20H2,1H3,(H,21,24). The van der Waals surface area contributed by atoms with Crippen LogP contribution in [0.1, 0.15) is 15.9 Å². The first-order valence-corrected chi connectivity index (χ1v) is 8.85. The van der Waals surface area contributed by atoms with Gasteiger partial charge in [0.2, 0.25) is 0 Å². The van der Waals surface area contributed by atoms with Crippen LogP contribution in [0.15, 0.2) is 42.5 Å². The normalized spacial score (nSPS) is 12.6. The number of hydrazine groups is 1. The number of amides is 1. The van der Waals surface area contributed by atoms with Gasteiger partial charge < -0.3 is 10.1 Å². The van der Waals surface area contributed by atoms with Gasteiger partial charge in [0, 0.05) is 5.56 Å². The SMILES string of the molecule is Cc1ccc(N(N)C(=N)SCC(=O)c2ccc3c(c2)NC(=O)CO3)cc1. The predicted octanol–water partition coefficient (Wildman–Crippen LogP) is 2.56. The highest BCUT2D eigenvalue weighted by Crippen LogP contribution is 2.29. The minimum absolute atomic E-state index is 0.0291. The number of aryl methyl sites for hydroxylation is 1. The fraction of sp³-hybridized carbons (Fsp3) is 0.167. The average molecular weight is 370 g/mol. The zero-order valence-corrected chi connectivity index (χ0v) is 14.9. The summed E-state index contributed by atoms with van der Waals surface area (Å²) in [5.41, 5.74) is 2.69. The van der Waals surface area contributed by atoms with Gasteiger partial charge in [0.15, 0.2) is 17.6 Å². The third-order valence-electron chi connectivity index (χ3n) is 3.81. The second-order valence-electron chi connectivity index (χ2n) is 5.77. The highest BCUT2D eigenvalue weighted by molar-refractivity contribution is 8.14. The van der Waals surface area contributed by atoms with E-state index in [0.29, 0.717) is 22.7 Å². The number of ketones is 1. The second-order valence-corrected chi connectivity index (χ2v) is 6.73. The molecule has 7 nitrogen and oxygen atoms in total. The number of benzene rings is 2. The number of carbonyl (C=O) groups excluding carboxylic acids is 2. The lowest BCUT2D eigenvalue weighted by Gasteiger charge is -2.19. The molecule has 2 aromatic rings. The van der Waals surface area contributed by atoms with Gasteiger partial charge in [-0.3, -0.25) is 20.0 Å². The first-order valence-electron chi connectivity index (χ1n) is 7.87. The zero-order valence-electron chi connectivity index (χ0n) is 14.1. The van der Waals surface area contributed by atoms with E-state index in [1.165, 1.54) is 5.01 Å². The Morgan fingerprint density at radius 2 is 2.04 bits per heavy atom. The van der Waals surface area contributed by atoms with E-state index in [0.717, 1.165) is 17.3 Å². The molecule has 0 aliphatic carbocycles. The van der Waals surface area contributed by atoms with Crippen LogP contribution in [0.2, 0.25) is 0 Å². The molecular formula is C18H18N4O3S. The molecule has 1 aliphatic rings. The van der Waals surface area contributed by atoms with Crippen molar-refractivity contribution in [3.63, 3.8) is 0 Å². The number of thioether (sulfide) groups is 1. The van der Waals surface area contributed by atoms with E-state index in [2.05, 4.69) is 5.32 Å². The van der Waals surface area contributed by atoms with Crippen molar-refractivity contribution in [3.8, 4) is 5.75 Å². The molecule has 2 aromatic carbocycles. The van der Waals surface area contributed by atoms with Crippen molar-refractivity contribution in [3.05, 3.63) is 53.6 Å². The quantitative estimate of drug-likeness (QED) is 0.251. The molecule has 26 heavy (non-hydrogen) atoms. The third kappa shape index (κ3) is 4.04. The lowest BCUT2D eigenvalue weighted by atomic mass is 10.1. The molecule has 0 saturated carbocycles. The topological polar surface area (TPSA) is 109 Å². The summed E-state index contributed by atoms with van der Waals surface area (Å²) < 4.78 is 5.27. The van der Waals surface area contributed by atoms with Gasteiger partial charge in [-0.2, -0.15) is 0 Å². The van der Waals surface area contributed by atoms with Crippen LogP contribution >= 0.6 is 11.8 Å². The predicted molar refractivity (Wildman–Crippen MR) is 103 cm³/mol. The number of anilines is 2. The van der Waals surface area contributed by atoms with Gasteiger partial charge in [0.05, 0.1) is 17.1 Å². The van der Waals surface area contributed by atoms with Crippen LogP contribution < -0.4 is 20.9 Å². The Morgan fingerprint density at radius 1 is 1.31 bits per heavy atom. The summed E-state index contributed by atoms with van der Waals surface area (Å²) >= 11 is 1.04. The van der Waals surface area contributed by atoms with Crippen LogP contribution in [0.25, 0.3) is 0 Å². The van der Waals surface area contributed by atoms with E-state index in [1.807, 2.05) is 31.2 Å². The lowest BCUT2D eigenvalue weighted by molar-refractivity contribution is -0.118. The van der Waals surface area contributed by atoms with E-state index in [-0.39, 0.29) is 29.2 Å². The maximum atomic E-state index is 12.4. The molecule has 1 heterocycles. The van der Waals surface area contributed by atoms with Gasteiger partial charge in [-0.15, -0.1) is 0 Å². The van der Waals surface area contributed by atoms with Crippen molar-refractivity contribution in [2.24, 2.45) is 5.84 Å². The van der Waals surface area contributed by atoms with E-state index in [9.17, 15) is 9.59 Å². The van der Waals surface area contributed by atoms with Gasteiger partial charge in [-0.25, -0.2) is 5.84 Å². The summed E-state index contributed by atoms with van der Waals surface area (Å²) in [6.45, 7) is 1.94. The molecule has 134 valence electrons. The number of rotatable bonds is 4. The summed E-state index contributed by atoms with van der Waals surface area (Å²) in [6, 6.07) is 12.3. The third-order valence-corrected chi connectivity index (χ3v) is 4.68. The smallest absolute Gasteiger partial charge is 0.262 e. The van der Waals surface area contributed by atoms with Gasteiger partial charge in [0.25, 0.3) is 5.91 Å². The van der Waals surface area contributed by atoms with Crippen molar-refractivity contribution in [1.29, 1.82) is 5.41 Å². The monoisotopic (exact) mass is 370 g/mol. The molecule has 0 bridgehead atoms. The summed E-state index contributed by atoms with van der Waals surface area (Å²) in [5.74, 6) is 6.11. The number of ether oxygens (including phenoxy) is 1. The number of nitrogens with zero attached hydrogens (tertiary/aromatic N) is 1. The van der Waals surface area contributed by atoms with Crippen molar-refractivity contribution >= 4 is 40.0 Å². The molecule has 0 fully saturated rings. The largest absolute Gasteiger partial charge is 0.482 e. The summed E-state index contributed by atoms with van der Waals surface area (Å²) in [4.78, 5) is 23.8. The number of hydrogen-bond donors (Lipinski definition) is 3. The number of nitrogens with two attached hydrogens (primary N) is 1. The summed E-state index contributed by atoms with van der Waals surface area (Å²) in [5, 5.41) is 12.0. The Balaban J connectivity index is 1.61. The van der Waals surface area contributed by atoms with Gasteiger partial charge in [-0.05, 0) is 37.3 Å². The summed E-state index contributed by atoms with van der Waals surface area (Å²) in [7, 11) is 0. The average Bonchev–Trinajstić information content (AvgIpc) is 2.65. The fourth-order valence-electron chi connectivity index (χ4n) is 2.37.